The van der Waals surface area contributed by atoms with Gasteiger partial charge < -0.3 is 0 Å². The van der Waals surface area contributed by atoms with Crippen molar-refractivity contribution in [3.05, 3.63) is 78.3 Å². The summed E-state index contributed by atoms with van der Waals surface area (Å²) < 4.78 is 2.06. The van der Waals surface area contributed by atoms with Gasteiger partial charge in [0.25, 0.3) is 0 Å². The lowest BCUT2D eigenvalue weighted by atomic mass is 9.99. The molecule has 0 bridgehead atoms. The van der Waals surface area contributed by atoms with E-state index in [4.69, 9.17) is 28.9 Å². The van der Waals surface area contributed by atoms with E-state index in [1.54, 1.807) is 15.9 Å². The minimum Gasteiger partial charge on any atom is -0.236 e. The van der Waals surface area contributed by atoms with Crippen LogP contribution in [-0.2, 0) is 0 Å². The minimum atomic E-state index is 0.250. The van der Waals surface area contributed by atoms with Crippen LogP contribution in [0.15, 0.2) is 30.3 Å². The summed E-state index contributed by atoms with van der Waals surface area (Å²) in [5, 5.41) is 15.5. The number of benzene rings is 1. The first-order chi connectivity index (χ1) is 16.9. The quantitative estimate of drug-likeness (QED) is 0.196. The van der Waals surface area contributed by atoms with Gasteiger partial charge in [-0.05, 0) is 43.9 Å². The molecule has 1 aromatic carbocycles. The molecule has 3 aromatic heterocycles. The number of nitrogens with zero attached hydrogens (tertiary/aromatic N) is 5. The smallest absolute Gasteiger partial charge is 0.208 e. The van der Waals surface area contributed by atoms with E-state index < -0.39 is 0 Å². The van der Waals surface area contributed by atoms with Crippen LogP contribution in [0.3, 0.4) is 0 Å². The normalized spacial score (nSPS) is 12.6. The van der Waals surface area contributed by atoms with Crippen molar-refractivity contribution in [2.24, 2.45) is 0 Å². The van der Waals surface area contributed by atoms with Gasteiger partial charge in [-0.3, -0.25) is 0 Å². The molecule has 176 valence electrons. The first-order valence-electron chi connectivity index (χ1n) is 11.9. The van der Waals surface area contributed by atoms with Gasteiger partial charge in [0.15, 0.2) is 11.5 Å². The number of pyridine rings is 1. The molecule has 4 aromatic rings. The maximum atomic E-state index is 9.92. The number of aryl methyl sites for hydroxylation is 1. The van der Waals surface area contributed by atoms with Crippen molar-refractivity contribution < 1.29 is 0 Å². The van der Waals surface area contributed by atoms with E-state index in [0.717, 1.165) is 63.2 Å². The molecule has 7 heteroatoms. The number of nitriles is 1. The Bertz CT molecular complexity index is 1580. The van der Waals surface area contributed by atoms with Crippen LogP contribution in [0.4, 0.5) is 5.69 Å². The number of rotatable bonds is 7. The van der Waals surface area contributed by atoms with E-state index in [2.05, 4.69) is 30.8 Å². The molecular weight excluding hydrogens is 470 g/mol. The number of fused-ring (bicyclic) bond motifs is 1. The molecule has 0 amide bonds. The van der Waals surface area contributed by atoms with Crippen LogP contribution in [0.5, 0.6) is 0 Å². The highest BCUT2D eigenvalue weighted by molar-refractivity contribution is 7.71. The van der Waals surface area contributed by atoms with E-state index in [9.17, 15) is 5.26 Å². The third kappa shape index (κ3) is 4.50. The highest BCUT2D eigenvalue weighted by Gasteiger charge is 2.20. The van der Waals surface area contributed by atoms with Crippen molar-refractivity contribution in [3.8, 4) is 17.2 Å². The monoisotopic (exact) mass is 497 g/mol. The molecule has 4 rings (SSSR count). The molecule has 0 aliphatic carbocycles. The third-order valence-electron chi connectivity index (χ3n) is 6.45. The van der Waals surface area contributed by atoms with E-state index >= 15 is 0 Å². The molecule has 0 N–H and O–H groups in total. The summed E-state index contributed by atoms with van der Waals surface area (Å²) in [6.45, 7) is 16.0. The molecule has 5 nitrogen and oxygen atoms in total. The van der Waals surface area contributed by atoms with E-state index in [-0.39, 0.29) is 5.92 Å². The Morgan fingerprint density at radius 2 is 2.00 bits per heavy atom. The van der Waals surface area contributed by atoms with Crippen molar-refractivity contribution in [3.63, 3.8) is 0 Å². The summed E-state index contributed by atoms with van der Waals surface area (Å²) in [5.74, 6) is 1.03. The summed E-state index contributed by atoms with van der Waals surface area (Å²) in [6.07, 6.45) is 6.26. The van der Waals surface area contributed by atoms with E-state index in [1.165, 1.54) is 0 Å². The second-order valence-electron chi connectivity index (χ2n) is 8.65. The van der Waals surface area contributed by atoms with Crippen LogP contribution in [0, 0.1) is 36.4 Å². The molecule has 0 saturated heterocycles. The zero-order valence-corrected chi connectivity index (χ0v) is 22.1. The largest absolute Gasteiger partial charge is 0.236 e. The van der Waals surface area contributed by atoms with Crippen molar-refractivity contribution >= 4 is 41.0 Å². The van der Waals surface area contributed by atoms with Crippen LogP contribution in [-0.4, -0.2) is 14.6 Å². The molecule has 0 aliphatic rings. The first-order valence-corrected chi connectivity index (χ1v) is 13.1. The number of aromatic nitrogens is 3. The number of hydrogen-bond donors (Lipinski definition) is 0. The van der Waals surface area contributed by atoms with Gasteiger partial charge in [-0.1, -0.05) is 69.2 Å². The molecule has 0 radical (unpaired) electrons. The second-order valence-corrected chi connectivity index (χ2v) is 10.3. The van der Waals surface area contributed by atoms with Crippen molar-refractivity contribution in [2.75, 3.05) is 0 Å². The molecule has 0 spiro atoms. The lowest BCUT2D eigenvalue weighted by molar-refractivity contribution is 0.543. The SMILES string of the molecule is [C-]#[N+]c1c(C)sc(C=c2c(C)c(C#N)c(=S)n3nc(C(CC)CCCC)nc23)c1-c1ccccc1. The zero-order chi connectivity index (χ0) is 25.1. The molecule has 1 unspecified atom stereocenters. The summed E-state index contributed by atoms with van der Waals surface area (Å²) in [4.78, 5) is 10.7. The van der Waals surface area contributed by atoms with Crippen LogP contribution < -0.4 is 5.22 Å². The van der Waals surface area contributed by atoms with Crippen molar-refractivity contribution in [1.82, 2.24) is 14.6 Å². The average molecular weight is 498 g/mol. The van der Waals surface area contributed by atoms with Gasteiger partial charge in [-0.25, -0.2) is 14.3 Å². The topological polar surface area (TPSA) is 58.3 Å². The predicted octanol–water partition coefficient (Wildman–Crippen LogP) is 7.46. The van der Waals surface area contributed by atoms with Gasteiger partial charge >= 0.3 is 0 Å². The van der Waals surface area contributed by atoms with E-state index in [1.807, 2.05) is 44.2 Å². The molecule has 0 saturated carbocycles. The molecule has 1 atom stereocenters. The number of unbranched alkanes of at least 4 members (excludes halogenated alkanes) is 1. The predicted molar refractivity (Wildman–Crippen MR) is 145 cm³/mol. The lowest BCUT2D eigenvalue weighted by Crippen LogP contribution is -2.15. The molecule has 0 aliphatic heterocycles. The van der Waals surface area contributed by atoms with E-state index in [0.29, 0.717) is 21.5 Å². The van der Waals surface area contributed by atoms with Gasteiger partial charge in [-0.15, -0.1) is 5.10 Å². The van der Waals surface area contributed by atoms with Crippen LogP contribution in [0.2, 0.25) is 0 Å². The first kappa shape index (κ1) is 24.7. The summed E-state index contributed by atoms with van der Waals surface area (Å²) >= 11 is 7.24. The Morgan fingerprint density at radius 1 is 1.26 bits per heavy atom. The third-order valence-corrected chi connectivity index (χ3v) is 7.87. The molecule has 0 fully saturated rings. The Balaban J connectivity index is 2.06. The van der Waals surface area contributed by atoms with Crippen molar-refractivity contribution in [1.29, 1.82) is 5.26 Å². The minimum absolute atomic E-state index is 0.250. The lowest BCUT2D eigenvalue weighted by Gasteiger charge is -2.09. The summed E-state index contributed by atoms with van der Waals surface area (Å²) in [7, 11) is 0. The summed E-state index contributed by atoms with van der Waals surface area (Å²) in [5.41, 5.74) is 4.48. The Morgan fingerprint density at radius 3 is 2.63 bits per heavy atom. The fourth-order valence-corrected chi connectivity index (χ4v) is 5.86. The second kappa shape index (κ2) is 10.5. The highest BCUT2D eigenvalue weighted by Crippen LogP contribution is 2.43. The van der Waals surface area contributed by atoms with Gasteiger partial charge in [-0.2, -0.15) is 16.6 Å². The Hall–Kier alpha value is -3.39. The Labute approximate surface area is 215 Å². The average Bonchev–Trinajstić information content (AvgIpc) is 3.44. The fourth-order valence-electron chi connectivity index (χ4n) is 4.46. The van der Waals surface area contributed by atoms with Crippen LogP contribution >= 0.6 is 23.6 Å². The standard InChI is InChI=1S/C28H27N5S2/c1-6-8-12-19(7-2)26-31-27-21(17(3)22(16-29)28(34)33(27)32-26)15-23-24(20-13-10-9-11-14-20)25(30-5)18(4)35-23/h9-11,13-15,19H,6-8,12H2,1-4H3. The van der Waals surface area contributed by atoms with Gasteiger partial charge in [0.1, 0.15) is 10.7 Å². The zero-order valence-electron chi connectivity index (χ0n) is 20.4. The maximum Gasteiger partial charge on any atom is 0.208 e. The van der Waals surface area contributed by atoms with Crippen molar-refractivity contribution in [2.45, 2.75) is 59.3 Å². The molecular formula is C28H27N5S2. The number of thiophene rings is 1. The Kier molecular flexibility index (Phi) is 7.40. The molecule has 3 heterocycles. The summed E-state index contributed by atoms with van der Waals surface area (Å²) in [6, 6.07) is 12.3. The number of hydrogen-bond acceptors (Lipinski definition) is 5. The van der Waals surface area contributed by atoms with Crippen LogP contribution in [0.25, 0.3) is 27.7 Å². The van der Waals surface area contributed by atoms with Gasteiger partial charge in [0.05, 0.1) is 12.1 Å². The fraction of sp³-hybridized carbons (Fsp3) is 0.321. The highest BCUT2D eigenvalue weighted by atomic mass is 32.1. The van der Waals surface area contributed by atoms with Gasteiger partial charge in [0, 0.05) is 26.5 Å². The van der Waals surface area contributed by atoms with Crippen LogP contribution in [0.1, 0.15) is 72.2 Å². The maximum absolute atomic E-state index is 9.92. The molecule has 35 heavy (non-hydrogen) atoms. The van der Waals surface area contributed by atoms with Gasteiger partial charge in [0.2, 0.25) is 5.69 Å².